The minimum atomic E-state index is -0.617. The fourth-order valence-electron chi connectivity index (χ4n) is 1.48. The predicted molar refractivity (Wildman–Crippen MR) is 79.0 cm³/mol. The average molecular weight is 332 g/mol. The monoisotopic (exact) mass is 331 g/mol. The van der Waals surface area contributed by atoms with Crippen molar-refractivity contribution in [2.75, 3.05) is 19.9 Å². The second-order valence-electron chi connectivity index (χ2n) is 4.13. The van der Waals surface area contributed by atoms with Gasteiger partial charge in [-0.25, -0.2) is 0 Å². The molecule has 1 aromatic carbocycles. The van der Waals surface area contributed by atoms with Gasteiger partial charge in [0.25, 0.3) is 0 Å². The molecule has 1 atom stereocenters. The first-order valence-electron chi connectivity index (χ1n) is 5.67. The minimum absolute atomic E-state index is 0.222. The molecule has 0 amide bonds. The Balaban J connectivity index is 2.52. The van der Waals surface area contributed by atoms with Crippen LogP contribution in [0.3, 0.4) is 0 Å². The van der Waals surface area contributed by atoms with Crippen LogP contribution in [0.5, 0.6) is 0 Å². The molecule has 1 unspecified atom stereocenters. The zero-order valence-corrected chi connectivity index (χ0v) is 13.2. The van der Waals surface area contributed by atoms with Crippen molar-refractivity contribution < 1.29 is 9.53 Å². The molecule has 0 saturated heterocycles. The van der Waals surface area contributed by atoms with E-state index in [-0.39, 0.29) is 5.97 Å². The van der Waals surface area contributed by atoms with Crippen molar-refractivity contribution in [3.05, 3.63) is 28.7 Å². The summed E-state index contributed by atoms with van der Waals surface area (Å²) in [6.45, 7) is 1.86. The Morgan fingerprint density at radius 2 is 2.28 bits per heavy atom. The van der Waals surface area contributed by atoms with E-state index in [1.54, 1.807) is 18.8 Å². The van der Waals surface area contributed by atoms with Crippen LogP contribution in [0.4, 0.5) is 0 Å². The van der Waals surface area contributed by atoms with Gasteiger partial charge < -0.3 is 10.1 Å². The van der Waals surface area contributed by atoms with Crippen molar-refractivity contribution in [3.63, 3.8) is 0 Å². The number of halogens is 1. The van der Waals surface area contributed by atoms with E-state index in [4.69, 9.17) is 4.74 Å². The molecule has 1 N–H and O–H groups in total. The average Bonchev–Trinajstić information content (AvgIpc) is 2.37. The second-order valence-corrected chi connectivity index (χ2v) is 6.21. The summed E-state index contributed by atoms with van der Waals surface area (Å²) >= 11 is 5.17. The van der Waals surface area contributed by atoms with Crippen LogP contribution in [0.15, 0.2) is 33.6 Å². The van der Waals surface area contributed by atoms with Crippen LogP contribution in [0.1, 0.15) is 13.3 Å². The molecule has 100 valence electrons. The number of benzene rings is 1. The van der Waals surface area contributed by atoms with E-state index < -0.39 is 5.54 Å². The molecule has 0 fully saturated rings. The summed E-state index contributed by atoms with van der Waals surface area (Å²) in [4.78, 5) is 12.8. The maximum absolute atomic E-state index is 11.7. The number of thioether (sulfide) groups is 1. The lowest BCUT2D eigenvalue weighted by Gasteiger charge is -2.25. The molecule has 0 aliphatic heterocycles. The van der Waals surface area contributed by atoms with Crippen molar-refractivity contribution in [2.45, 2.75) is 23.8 Å². The van der Waals surface area contributed by atoms with Crippen molar-refractivity contribution in [1.29, 1.82) is 0 Å². The van der Waals surface area contributed by atoms with Gasteiger partial charge in [0.1, 0.15) is 5.54 Å². The van der Waals surface area contributed by atoms with Gasteiger partial charge in [0.2, 0.25) is 0 Å². The fraction of sp³-hybridized carbons (Fsp3) is 0.462. The number of hydrogen-bond acceptors (Lipinski definition) is 4. The fourth-order valence-corrected chi connectivity index (χ4v) is 3.17. The molecule has 0 bridgehead atoms. The third-order valence-corrected chi connectivity index (χ3v) is 4.34. The smallest absolute Gasteiger partial charge is 0.325 e. The highest BCUT2D eigenvalue weighted by atomic mass is 79.9. The van der Waals surface area contributed by atoms with E-state index in [0.29, 0.717) is 6.42 Å². The lowest BCUT2D eigenvalue weighted by atomic mass is 10.00. The maximum atomic E-state index is 11.7. The van der Waals surface area contributed by atoms with E-state index in [1.165, 1.54) is 12.0 Å². The van der Waals surface area contributed by atoms with Gasteiger partial charge >= 0.3 is 5.97 Å². The number of rotatable bonds is 6. The summed E-state index contributed by atoms with van der Waals surface area (Å²) < 4.78 is 5.88. The quantitative estimate of drug-likeness (QED) is 0.642. The molecule has 0 aliphatic carbocycles. The largest absolute Gasteiger partial charge is 0.468 e. The zero-order chi connectivity index (χ0) is 13.6. The highest BCUT2D eigenvalue weighted by Crippen LogP contribution is 2.24. The van der Waals surface area contributed by atoms with Crippen molar-refractivity contribution in [3.8, 4) is 0 Å². The predicted octanol–water partition coefficient (Wildman–Crippen LogP) is 3.08. The molecule has 0 aromatic heterocycles. The topological polar surface area (TPSA) is 38.3 Å². The SMILES string of the molecule is CNC(C)(CCSc1cccc(Br)c1)C(=O)OC. The van der Waals surface area contributed by atoms with Gasteiger partial charge in [-0.2, -0.15) is 0 Å². The molecule has 0 heterocycles. The normalized spacial score (nSPS) is 14.0. The van der Waals surface area contributed by atoms with Crippen LogP contribution < -0.4 is 5.32 Å². The van der Waals surface area contributed by atoms with Gasteiger partial charge in [0.15, 0.2) is 0 Å². The minimum Gasteiger partial charge on any atom is -0.468 e. The first kappa shape index (κ1) is 15.5. The molecule has 0 radical (unpaired) electrons. The molecule has 18 heavy (non-hydrogen) atoms. The number of carbonyl (C=O) groups is 1. The summed E-state index contributed by atoms with van der Waals surface area (Å²) in [6, 6.07) is 8.13. The Hall–Kier alpha value is -0.520. The molecule has 5 heteroatoms. The van der Waals surface area contributed by atoms with Crippen LogP contribution >= 0.6 is 27.7 Å². The summed E-state index contributed by atoms with van der Waals surface area (Å²) in [5.74, 6) is 0.628. The highest BCUT2D eigenvalue weighted by Gasteiger charge is 2.31. The van der Waals surface area contributed by atoms with E-state index in [1.807, 2.05) is 19.1 Å². The van der Waals surface area contributed by atoms with Gasteiger partial charge in [-0.3, -0.25) is 4.79 Å². The van der Waals surface area contributed by atoms with Crippen molar-refractivity contribution in [2.24, 2.45) is 0 Å². The van der Waals surface area contributed by atoms with Crippen LogP contribution in [0, 0.1) is 0 Å². The number of likely N-dealkylation sites (N-methyl/N-ethyl adjacent to an activating group) is 1. The summed E-state index contributed by atoms with van der Waals surface area (Å²) in [5.41, 5.74) is -0.617. The maximum Gasteiger partial charge on any atom is 0.325 e. The Bertz CT molecular complexity index is 414. The third kappa shape index (κ3) is 4.30. The van der Waals surface area contributed by atoms with Crippen molar-refractivity contribution >= 4 is 33.7 Å². The number of ether oxygens (including phenoxy) is 1. The lowest BCUT2D eigenvalue weighted by Crippen LogP contribution is -2.48. The number of carbonyl (C=O) groups excluding carboxylic acids is 1. The molecule has 3 nitrogen and oxygen atoms in total. The van der Waals surface area contributed by atoms with E-state index in [9.17, 15) is 4.79 Å². The number of hydrogen-bond donors (Lipinski definition) is 1. The van der Waals surface area contributed by atoms with Gasteiger partial charge in [0.05, 0.1) is 7.11 Å². The Morgan fingerprint density at radius 1 is 1.56 bits per heavy atom. The third-order valence-electron chi connectivity index (χ3n) is 2.85. The summed E-state index contributed by atoms with van der Waals surface area (Å²) in [5, 5.41) is 3.03. The van der Waals surface area contributed by atoms with Gasteiger partial charge in [0, 0.05) is 15.1 Å². The highest BCUT2D eigenvalue weighted by molar-refractivity contribution is 9.10. The molecular formula is C13H18BrNO2S. The summed E-state index contributed by atoms with van der Waals surface area (Å²) in [7, 11) is 3.19. The number of methoxy groups -OCH3 is 1. The van der Waals surface area contributed by atoms with Crippen LogP contribution in [0.25, 0.3) is 0 Å². The van der Waals surface area contributed by atoms with Crippen LogP contribution in [-0.2, 0) is 9.53 Å². The molecule has 0 spiro atoms. The molecule has 1 aromatic rings. The Kier molecular flexibility index (Phi) is 6.18. The van der Waals surface area contributed by atoms with Crippen molar-refractivity contribution in [1.82, 2.24) is 5.32 Å². The Labute approximate surface area is 121 Å². The molecule has 0 saturated carbocycles. The number of nitrogens with one attached hydrogen (secondary N) is 1. The zero-order valence-electron chi connectivity index (χ0n) is 10.8. The van der Waals surface area contributed by atoms with Gasteiger partial charge in [-0.1, -0.05) is 22.0 Å². The second kappa shape index (κ2) is 7.16. The first-order chi connectivity index (χ1) is 8.51. The van der Waals surface area contributed by atoms with Gasteiger partial charge in [-0.05, 0) is 38.6 Å². The molecule has 0 aliphatic rings. The van der Waals surface area contributed by atoms with E-state index in [2.05, 4.69) is 33.4 Å². The van der Waals surface area contributed by atoms with E-state index in [0.717, 1.165) is 10.2 Å². The summed E-state index contributed by atoms with van der Waals surface area (Å²) in [6.07, 6.45) is 0.716. The van der Waals surface area contributed by atoms with Crippen LogP contribution in [-0.4, -0.2) is 31.4 Å². The van der Waals surface area contributed by atoms with Gasteiger partial charge in [-0.15, -0.1) is 11.8 Å². The lowest BCUT2D eigenvalue weighted by molar-refractivity contribution is -0.147. The molecule has 1 rings (SSSR count). The molecular weight excluding hydrogens is 314 g/mol. The Morgan fingerprint density at radius 3 is 2.83 bits per heavy atom. The standard InChI is InChI=1S/C13H18BrNO2S/c1-13(15-2,12(16)17-3)7-8-18-11-6-4-5-10(14)9-11/h4-6,9,15H,7-8H2,1-3H3. The van der Waals surface area contributed by atoms with E-state index >= 15 is 0 Å². The first-order valence-corrected chi connectivity index (χ1v) is 7.45. The number of esters is 1. The van der Waals surface area contributed by atoms with Crippen LogP contribution in [0.2, 0.25) is 0 Å².